The average molecular weight is 406 g/mol. The third kappa shape index (κ3) is 4.33. The maximum atomic E-state index is 13.0. The van der Waals surface area contributed by atoms with Gasteiger partial charge in [-0.3, -0.25) is 9.48 Å². The second-order valence-corrected chi connectivity index (χ2v) is 8.35. The van der Waals surface area contributed by atoms with Gasteiger partial charge in [-0.25, -0.2) is 0 Å². The normalized spacial score (nSPS) is 19.9. The molecule has 1 fully saturated rings. The van der Waals surface area contributed by atoms with Crippen LogP contribution in [0.2, 0.25) is 5.02 Å². The second-order valence-electron chi connectivity index (χ2n) is 7.97. The number of hydrogen-bond acceptors (Lipinski definition) is 4. The van der Waals surface area contributed by atoms with Gasteiger partial charge in [0.25, 0.3) is 5.91 Å². The molecule has 0 aliphatic carbocycles. The van der Waals surface area contributed by atoms with E-state index in [9.17, 15) is 9.90 Å². The van der Waals surface area contributed by atoms with Gasteiger partial charge in [0.1, 0.15) is 23.7 Å². The highest BCUT2D eigenvalue weighted by atomic mass is 35.5. The Morgan fingerprint density at radius 2 is 2.04 bits per heavy atom. The molecular formula is C21H28ClN3O3. The van der Waals surface area contributed by atoms with Crippen LogP contribution < -0.4 is 4.74 Å². The number of β-amino-alcohol motifs (C(OH)–C–C–N with tert-alkyl or cyclic N) is 1. The van der Waals surface area contributed by atoms with Gasteiger partial charge in [-0.1, -0.05) is 11.6 Å². The average Bonchev–Trinajstić information content (AvgIpc) is 3.14. The lowest BCUT2D eigenvalue weighted by Gasteiger charge is -2.39. The largest absolute Gasteiger partial charge is 0.491 e. The number of benzene rings is 1. The molecule has 0 spiro atoms. The molecule has 2 aromatic rings. The van der Waals surface area contributed by atoms with E-state index in [1.54, 1.807) is 21.8 Å². The molecule has 0 bridgehead atoms. The zero-order chi connectivity index (χ0) is 20.5. The van der Waals surface area contributed by atoms with Gasteiger partial charge in [0.2, 0.25) is 0 Å². The molecule has 1 saturated heterocycles. The number of aromatic nitrogens is 2. The molecule has 1 aromatic heterocycles. The van der Waals surface area contributed by atoms with Crippen LogP contribution in [0.25, 0.3) is 0 Å². The number of hydrogen-bond donors (Lipinski definition) is 1. The molecule has 1 aliphatic heterocycles. The van der Waals surface area contributed by atoms with E-state index in [-0.39, 0.29) is 25.1 Å². The van der Waals surface area contributed by atoms with Gasteiger partial charge in [-0.2, -0.15) is 5.10 Å². The molecule has 3 rings (SSSR count). The van der Waals surface area contributed by atoms with Crippen molar-refractivity contribution in [1.82, 2.24) is 14.7 Å². The molecule has 1 amide bonds. The van der Waals surface area contributed by atoms with Crippen LogP contribution in [-0.2, 0) is 0 Å². The van der Waals surface area contributed by atoms with Crippen LogP contribution in [0.15, 0.2) is 24.4 Å². The summed E-state index contributed by atoms with van der Waals surface area (Å²) in [5.41, 5.74) is 1.33. The fourth-order valence-corrected chi connectivity index (χ4v) is 3.78. The topological polar surface area (TPSA) is 67.6 Å². The van der Waals surface area contributed by atoms with Gasteiger partial charge in [0.15, 0.2) is 0 Å². The maximum absolute atomic E-state index is 13.0. The van der Waals surface area contributed by atoms with Gasteiger partial charge in [0.05, 0.1) is 6.54 Å². The summed E-state index contributed by atoms with van der Waals surface area (Å²) in [4.78, 5) is 14.7. The molecular weight excluding hydrogens is 378 g/mol. The highest BCUT2D eigenvalue weighted by Crippen LogP contribution is 2.28. The molecule has 1 aromatic carbocycles. The summed E-state index contributed by atoms with van der Waals surface area (Å²) in [6.45, 7) is 8.80. The lowest BCUT2D eigenvalue weighted by atomic mass is 9.93. The molecule has 0 radical (unpaired) electrons. The van der Waals surface area contributed by atoms with Crippen LogP contribution in [0.1, 0.15) is 54.3 Å². The summed E-state index contributed by atoms with van der Waals surface area (Å²) in [6, 6.07) is 5.56. The zero-order valence-corrected chi connectivity index (χ0v) is 17.7. The predicted octanol–water partition coefficient (Wildman–Crippen LogP) is 3.78. The maximum Gasteiger partial charge on any atom is 0.272 e. The molecule has 7 heteroatoms. The van der Waals surface area contributed by atoms with Crippen LogP contribution in [0.5, 0.6) is 5.75 Å². The number of carbonyl (C=O) groups is 1. The number of nitrogens with zero attached hydrogens (tertiary/aromatic N) is 3. The van der Waals surface area contributed by atoms with E-state index in [2.05, 4.69) is 5.10 Å². The number of rotatable bonds is 5. The first-order valence-electron chi connectivity index (χ1n) is 9.65. The van der Waals surface area contributed by atoms with Crippen molar-refractivity contribution in [3.05, 3.63) is 46.2 Å². The Morgan fingerprint density at radius 3 is 2.68 bits per heavy atom. The Morgan fingerprint density at radius 1 is 1.36 bits per heavy atom. The van der Waals surface area contributed by atoms with Crippen molar-refractivity contribution >= 4 is 17.5 Å². The molecule has 1 N–H and O–H groups in total. The van der Waals surface area contributed by atoms with Crippen molar-refractivity contribution in [2.24, 2.45) is 0 Å². The van der Waals surface area contributed by atoms with Gasteiger partial charge in [-0.15, -0.1) is 0 Å². The monoisotopic (exact) mass is 405 g/mol. The molecule has 1 unspecified atom stereocenters. The van der Waals surface area contributed by atoms with Crippen LogP contribution in [0.4, 0.5) is 0 Å². The fourth-order valence-electron chi connectivity index (χ4n) is 3.67. The van der Waals surface area contributed by atoms with Crippen molar-refractivity contribution in [1.29, 1.82) is 0 Å². The molecule has 1 atom stereocenters. The third-order valence-corrected chi connectivity index (χ3v) is 5.73. The van der Waals surface area contributed by atoms with Crippen LogP contribution in [0.3, 0.4) is 0 Å². The number of aliphatic hydroxyl groups is 1. The zero-order valence-electron chi connectivity index (χ0n) is 16.9. The minimum Gasteiger partial charge on any atom is -0.491 e. The number of likely N-dealkylation sites (tertiary alicyclic amines) is 1. The Hall–Kier alpha value is -2.05. The van der Waals surface area contributed by atoms with Crippen LogP contribution >= 0.6 is 11.6 Å². The fraction of sp³-hybridized carbons (Fsp3) is 0.524. The Balaban J connectivity index is 1.69. The van der Waals surface area contributed by atoms with E-state index < -0.39 is 5.60 Å². The van der Waals surface area contributed by atoms with Crippen molar-refractivity contribution in [2.75, 3.05) is 19.7 Å². The highest BCUT2D eigenvalue weighted by molar-refractivity contribution is 6.32. The number of halogens is 1. The number of amides is 1. The Kier molecular flexibility index (Phi) is 6.01. The van der Waals surface area contributed by atoms with Crippen LogP contribution in [-0.4, -0.2) is 51.0 Å². The molecule has 28 heavy (non-hydrogen) atoms. The smallest absolute Gasteiger partial charge is 0.272 e. The van der Waals surface area contributed by atoms with E-state index >= 15 is 0 Å². The first-order chi connectivity index (χ1) is 13.2. The molecule has 0 saturated carbocycles. The summed E-state index contributed by atoms with van der Waals surface area (Å²) >= 11 is 6.21. The summed E-state index contributed by atoms with van der Waals surface area (Å²) in [6.07, 6.45) is 2.95. The number of aryl methyl sites for hydroxylation is 2. The van der Waals surface area contributed by atoms with E-state index in [0.29, 0.717) is 24.4 Å². The molecule has 2 heterocycles. The van der Waals surface area contributed by atoms with Crippen molar-refractivity contribution in [3.8, 4) is 5.75 Å². The lowest BCUT2D eigenvalue weighted by molar-refractivity contribution is -0.0534. The standard InChI is InChI=1S/C21H28ClN3O3/c1-14(2)25-18(6-8-23-25)20(26)24-9-5-7-21(27,12-24)13-28-17-10-15(3)19(22)16(4)11-17/h6,8,10-11,14,27H,5,7,9,12-13H2,1-4H3. The SMILES string of the molecule is Cc1cc(OCC2(O)CCCN(C(=O)c3ccnn3C(C)C)C2)cc(C)c1Cl. The minimum absolute atomic E-state index is 0.0948. The summed E-state index contributed by atoms with van der Waals surface area (Å²) < 4.78 is 7.60. The van der Waals surface area contributed by atoms with Crippen LogP contribution in [0, 0.1) is 13.8 Å². The highest BCUT2D eigenvalue weighted by Gasteiger charge is 2.37. The molecule has 6 nitrogen and oxygen atoms in total. The number of carbonyl (C=O) groups excluding carboxylic acids is 1. The van der Waals surface area contributed by atoms with E-state index in [0.717, 1.165) is 22.6 Å². The van der Waals surface area contributed by atoms with Gasteiger partial charge < -0.3 is 14.7 Å². The van der Waals surface area contributed by atoms with E-state index in [4.69, 9.17) is 16.3 Å². The number of ether oxygens (including phenoxy) is 1. The minimum atomic E-state index is -1.09. The Labute approximate surface area is 171 Å². The second kappa shape index (κ2) is 8.13. The van der Waals surface area contributed by atoms with Crippen molar-refractivity contribution in [2.45, 2.75) is 52.2 Å². The summed E-state index contributed by atoms with van der Waals surface area (Å²) in [5, 5.41) is 16.0. The first-order valence-corrected chi connectivity index (χ1v) is 10.0. The quantitative estimate of drug-likeness (QED) is 0.821. The van der Waals surface area contributed by atoms with E-state index in [1.807, 2.05) is 39.8 Å². The van der Waals surface area contributed by atoms with Gasteiger partial charge in [-0.05, 0) is 69.9 Å². The number of piperidine rings is 1. The van der Waals surface area contributed by atoms with Crippen molar-refractivity contribution < 1.29 is 14.6 Å². The molecule has 1 aliphatic rings. The molecule has 152 valence electrons. The van der Waals surface area contributed by atoms with Crippen molar-refractivity contribution in [3.63, 3.8) is 0 Å². The van der Waals surface area contributed by atoms with Gasteiger partial charge >= 0.3 is 0 Å². The summed E-state index contributed by atoms with van der Waals surface area (Å²) in [7, 11) is 0. The predicted molar refractivity (Wildman–Crippen MR) is 109 cm³/mol. The Bertz CT molecular complexity index is 841. The van der Waals surface area contributed by atoms with E-state index in [1.165, 1.54) is 0 Å². The summed E-state index contributed by atoms with van der Waals surface area (Å²) in [5.74, 6) is 0.566. The first kappa shape index (κ1) is 20.7. The lowest BCUT2D eigenvalue weighted by Crippen LogP contribution is -2.53. The third-order valence-electron chi connectivity index (χ3n) is 5.14. The van der Waals surface area contributed by atoms with Gasteiger partial charge in [0, 0.05) is 23.8 Å².